The van der Waals surface area contributed by atoms with Gasteiger partial charge in [0.25, 0.3) is 0 Å². The summed E-state index contributed by atoms with van der Waals surface area (Å²) in [7, 11) is 3.76. The molecule has 0 bridgehead atoms. The summed E-state index contributed by atoms with van der Waals surface area (Å²) in [6, 6.07) is 0. The van der Waals surface area contributed by atoms with Crippen LogP contribution < -0.4 is 5.32 Å². The van der Waals surface area contributed by atoms with E-state index in [2.05, 4.69) is 12.2 Å². The van der Waals surface area contributed by atoms with E-state index in [0.29, 0.717) is 12.3 Å². The molecule has 1 aliphatic carbocycles. The minimum atomic E-state index is -0.159. The number of hydrogen-bond acceptors (Lipinski definition) is 3. The highest BCUT2D eigenvalue weighted by atomic mass is 16.5. The normalized spacial score (nSPS) is 30.2. The number of hydrogen-bond donors (Lipinski definition) is 1. The van der Waals surface area contributed by atoms with Crippen molar-refractivity contribution in [2.24, 2.45) is 0 Å². The predicted molar refractivity (Wildman–Crippen MR) is 80.7 cm³/mol. The van der Waals surface area contributed by atoms with Gasteiger partial charge in [0.05, 0.1) is 5.60 Å². The van der Waals surface area contributed by atoms with Gasteiger partial charge in [-0.05, 0) is 39.7 Å². The van der Waals surface area contributed by atoms with Crippen molar-refractivity contribution in [2.75, 3.05) is 27.2 Å². The summed E-state index contributed by atoms with van der Waals surface area (Å²) in [5, 5.41) is 3.44. The van der Waals surface area contributed by atoms with Crippen LogP contribution in [0.4, 0.5) is 0 Å². The molecule has 0 aromatic heterocycles. The summed E-state index contributed by atoms with van der Waals surface area (Å²) in [4.78, 5) is 14.7. The quantitative estimate of drug-likeness (QED) is 0.860. The van der Waals surface area contributed by atoms with E-state index < -0.39 is 0 Å². The summed E-state index contributed by atoms with van der Waals surface area (Å²) in [5.74, 6) is 0.296. The van der Waals surface area contributed by atoms with E-state index in [0.717, 1.165) is 38.8 Å². The molecule has 0 radical (unpaired) electrons. The molecular formula is C16H30N2O2. The van der Waals surface area contributed by atoms with Crippen LogP contribution in [0.5, 0.6) is 0 Å². The molecule has 4 nitrogen and oxygen atoms in total. The second kappa shape index (κ2) is 6.44. The van der Waals surface area contributed by atoms with Gasteiger partial charge in [-0.3, -0.25) is 4.79 Å². The Morgan fingerprint density at radius 3 is 2.50 bits per heavy atom. The van der Waals surface area contributed by atoms with E-state index in [9.17, 15) is 4.79 Å². The largest absolute Gasteiger partial charge is 0.377 e. The molecule has 1 amide bonds. The standard InChI is InChI=1S/C16H30N2O2/c1-15(20-3)8-7-11-18(13-15)14(19)12-16(17-2)9-5-4-6-10-16/h17H,4-13H2,1-3H3. The van der Waals surface area contributed by atoms with Gasteiger partial charge in [-0.25, -0.2) is 0 Å². The maximum absolute atomic E-state index is 12.7. The van der Waals surface area contributed by atoms with Crippen molar-refractivity contribution in [3.8, 4) is 0 Å². The Morgan fingerprint density at radius 1 is 1.20 bits per heavy atom. The van der Waals surface area contributed by atoms with Crippen LogP contribution in [0.15, 0.2) is 0 Å². The topological polar surface area (TPSA) is 41.6 Å². The third-order valence-corrected chi connectivity index (χ3v) is 5.34. The van der Waals surface area contributed by atoms with Gasteiger partial charge in [0.1, 0.15) is 0 Å². The molecule has 20 heavy (non-hydrogen) atoms. The molecular weight excluding hydrogens is 252 g/mol. The Labute approximate surface area is 123 Å². The Balaban J connectivity index is 1.96. The zero-order valence-electron chi connectivity index (χ0n) is 13.3. The van der Waals surface area contributed by atoms with Crippen LogP contribution >= 0.6 is 0 Å². The maximum Gasteiger partial charge on any atom is 0.224 e. The van der Waals surface area contributed by atoms with Crippen LogP contribution in [-0.4, -0.2) is 49.2 Å². The fourth-order valence-electron chi connectivity index (χ4n) is 3.73. The number of piperidine rings is 1. The molecule has 0 aromatic rings. The average molecular weight is 282 g/mol. The summed E-state index contributed by atoms with van der Waals surface area (Å²) >= 11 is 0. The smallest absolute Gasteiger partial charge is 0.224 e. The highest BCUT2D eigenvalue weighted by Crippen LogP contribution is 2.32. The highest BCUT2D eigenvalue weighted by Gasteiger charge is 2.37. The molecule has 1 unspecified atom stereocenters. The first-order valence-corrected chi connectivity index (χ1v) is 8.04. The third-order valence-electron chi connectivity index (χ3n) is 5.34. The molecule has 0 spiro atoms. The van der Waals surface area contributed by atoms with Crippen molar-refractivity contribution in [1.29, 1.82) is 0 Å². The highest BCUT2D eigenvalue weighted by molar-refractivity contribution is 5.77. The number of methoxy groups -OCH3 is 1. The zero-order chi connectivity index (χ0) is 14.6. The SMILES string of the molecule is CNC1(CC(=O)N2CCCC(C)(OC)C2)CCCCC1. The van der Waals surface area contributed by atoms with Gasteiger partial charge in [0.2, 0.25) is 5.91 Å². The molecule has 2 fully saturated rings. The molecule has 1 aliphatic heterocycles. The van der Waals surface area contributed by atoms with Crippen molar-refractivity contribution in [1.82, 2.24) is 10.2 Å². The van der Waals surface area contributed by atoms with Gasteiger partial charge in [0, 0.05) is 32.2 Å². The molecule has 0 aromatic carbocycles. The van der Waals surface area contributed by atoms with Gasteiger partial charge >= 0.3 is 0 Å². The summed E-state index contributed by atoms with van der Waals surface area (Å²) in [6.07, 6.45) is 8.78. The van der Waals surface area contributed by atoms with E-state index >= 15 is 0 Å². The molecule has 1 saturated heterocycles. The van der Waals surface area contributed by atoms with Crippen LogP contribution in [0.2, 0.25) is 0 Å². The van der Waals surface area contributed by atoms with E-state index in [-0.39, 0.29) is 11.1 Å². The van der Waals surface area contributed by atoms with Crippen LogP contribution in [-0.2, 0) is 9.53 Å². The molecule has 2 rings (SSSR count). The minimum absolute atomic E-state index is 0.0380. The number of likely N-dealkylation sites (tertiary alicyclic amines) is 1. The van der Waals surface area contributed by atoms with E-state index in [4.69, 9.17) is 4.74 Å². The van der Waals surface area contributed by atoms with Crippen molar-refractivity contribution in [2.45, 2.75) is 69.4 Å². The number of carbonyl (C=O) groups excluding carboxylic acids is 1. The number of rotatable bonds is 4. The first-order valence-electron chi connectivity index (χ1n) is 8.04. The lowest BCUT2D eigenvalue weighted by molar-refractivity contribution is -0.141. The molecule has 1 saturated carbocycles. The van der Waals surface area contributed by atoms with Crippen LogP contribution in [0.25, 0.3) is 0 Å². The fraction of sp³-hybridized carbons (Fsp3) is 0.938. The molecule has 1 atom stereocenters. The second-order valence-corrected chi connectivity index (χ2v) is 6.84. The van der Waals surface area contributed by atoms with E-state index in [1.807, 2.05) is 11.9 Å². The third kappa shape index (κ3) is 3.53. The lowest BCUT2D eigenvalue weighted by Crippen LogP contribution is -2.53. The van der Waals surface area contributed by atoms with E-state index in [1.165, 1.54) is 19.3 Å². The first kappa shape index (κ1) is 15.8. The zero-order valence-corrected chi connectivity index (χ0v) is 13.3. The lowest BCUT2D eigenvalue weighted by Gasteiger charge is -2.42. The number of nitrogens with one attached hydrogen (secondary N) is 1. The number of amides is 1. The van der Waals surface area contributed by atoms with Crippen molar-refractivity contribution in [3.05, 3.63) is 0 Å². The Bertz CT molecular complexity index is 339. The molecule has 116 valence electrons. The fourth-order valence-corrected chi connectivity index (χ4v) is 3.73. The Morgan fingerprint density at radius 2 is 1.90 bits per heavy atom. The number of ether oxygens (including phenoxy) is 1. The molecule has 1 N–H and O–H groups in total. The molecule has 2 aliphatic rings. The van der Waals surface area contributed by atoms with Crippen molar-refractivity contribution >= 4 is 5.91 Å². The summed E-state index contributed by atoms with van der Waals surface area (Å²) in [6.45, 7) is 3.74. The maximum atomic E-state index is 12.7. The Kier molecular flexibility index (Phi) is 5.08. The van der Waals surface area contributed by atoms with Crippen LogP contribution in [0.1, 0.15) is 58.3 Å². The molecule has 4 heteroatoms. The number of nitrogens with zero attached hydrogens (tertiary/aromatic N) is 1. The first-order chi connectivity index (χ1) is 9.52. The average Bonchev–Trinajstić information content (AvgIpc) is 2.48. The van der Waals surface area contributed by atoms with Crippen molar-refractivity contribution in [3.63, 3.8) is 0 Å². The van der Waals surface area contributed by atoms with Crippen LogP contribution in [0, 0.1) is 0 Å². The van der Waals surface area contributed by atoms with Gasteiger partial charge in [-0.2, -0.15) is 0 Å². The Hall–Kier alpha value is -0.610. The predicted octanol–water partition coefficient (Wildman–Crippen LogP) is 2.33. The van der Waals surface area contributed by atoms with Crippen LogP contribution in [0.3, 0.4) is 0 Å². The van der Waals surface area contributed by atoms with E-state index in [1.54, 1.807) is 7.11 Å². The summed E-state index contributed by atoms with van der Waals surface area (Å²) < 4.78 is 5.59. The minimum Gasteiger partial charge on any atom is -0.377 e. The lowest BCUT2D eigenvalue weighted by atomic mass is 9.79. The van der Waals surface area contributed by atoms with Crippen molar-refractivity contribution < 1.29 is 9.53 Å². The number of carbonyl (C=O) groups is 1. The van der Waals surface area contributed by atoms with Gasteiger partial charge in [0.15, 0.2) is 0 Å². The monoisotopic (exact) mass is 282 g/mol. The second-order valence-electron chi connectivity index (χ2n) is 6.84. The van der Waals surface area contributed by atoms with Gasteiger partial charge in [-0.15, -0.1) is 0 Å². The molecule has 1 heterocycles. The van der Waals surface area contributed by atoms with Gasteiger partial charge < -0.3 is 15.0 Å². The van der Waals surface area contributed by atoms with Gasteiger partial charge in [-0.1, -0.05) is 19.3 Å². The summed E-state index contributed by atoms with van der Waals surface area (Å²) in [5.41, 5.74) is -0.121.